The van der Waals surface area contributed by atoms with E-state index in [0.717, 1.165) is 32.5 Å². The SMILES string of the molecule is CCN(CC)CCCCNC(=O)c1n[nH]nc1N. The monoisotopic (exact) mass is 254 g/mol. The number of amides is 1. The highest BCUT2D eigenvalue weighted by molar-refractivity contribution is 5.96. The van der Waals surface area contributed by atoms with E-state index in [4.69, 9.17) is 5.73 Å². The van der Waals surface area contributed by atoms with Crippen LogP contribution >= 0.6 is 0 Å². The molecule has 1 aromatic heterocycles. The van der Waals surface area contributed by atoms with Gasteiger partial charge in [0.2, 0.25) is 0 Å². The highest BCUT2D eigenvalue weighted by Gasteiger charge is 2.12. The Morgan fingerprint density at radius 2 is 2.06 bits per heavy atom. The first-order valence-electron chi connectivity index (χ1n) is 6.35. The summed E-state index contributed by atoms with van der Waals surface area (Å²) in [5, 5.41) is 12.4. The zero-order chi connectivity index (χ0) is 13.4. The van der Waals surface area contributed by atoms with Crippen LogP contribution in [0.4, 0.5) is 5.82 Å². The molecule has 0 radical (unpaired) electrons. The Kier molecular flexibility index (Phi) is 6.13. The van der Waals surface area contributed by atoms with E-state index < -0.39 is 0 Å². The number of aromatic nitrogens is 3. The van der Waals surface area contributed by atoms with Crippen LogP contribution in [0, 0.1) is 0 Å². The predicted octanol–water partition coefficient (Wildman–Crippen LogP) is 0.239. The lowest BCUT2D eigenvalue weighted by Gasteiger charge is -2.17. The summed E-state index contributed by atoms with van der Waals surface area (Å²) in [5.41, 5.74) is 5.64. The van der Waals surface area contributed by atoms with Crippen molar-refractivity contribution in [2.75, 3.05) is 31.9 Å². The molecule has 7 heteroatoms. The third kappa shape index (κ3) is 4.33. The van der Waals surface area contributed by atoms with Crippen molar-refractivity contribution in [2.24, 2.45) is 0 Å². The van der Waals surface area contributed by atoms with Gasteiger partial charge in [0.15, 0.2) is 11.5 Å². The molecule has 0 spiro atoms. The van der Waals surface area contributed by atoms with Crippen LogP contribution in [0.5, 0.6) is 0 Å². The van der Waals surface area contributed by atoms with Crippen molar-refractivity contribution in [1.82, 2.24) is 25.6 Å². The molecular weight excluding hydrogens is 232 g/mol. The van der Waals surface area contributed by atoms with Crippen LogP contribution in [0.3, 0.4) is 0 Å². The molecule has 0 saturated heterocycles. The average molecular weight is 254 g/mol. The number of nitrogen functional groups attached to an aromatic ring is 1. The van der Waals surface area contributed by atoms with Gasteiger partial charge in [-0.2, -0.15) is 5.21 Å². The number of nitrogens with one attached hydrogen (secondary N) is 2. The number of H-pyrrole nitrogens is 1. The van der Waals surface area contributed by atoms with E-state index in [2.05, 4.69) is 39.5 Å². The molecule has 0 bridgehead atoms. The van der Waals surface area contributed by atoms with Crippen molar-refractivity contribution < 1.29 is 4.79 Å². The number of anilines is 1. The van der Waals surface area contributed by atoms with Crippen LogP contribution in [0.25, 0.3) is 0 Å². The second-order valence-electron chi connectivity index (χ2n) is 4.05. The number of nitrogens with zero attached hydrogens (tertiary/aromatic N) is 3. The van der Waals surface area contributed by atoms with Gasteiger partial charge in [-0.25, -0.2) is 0 Å². The molecule has 1 heterocycles. The minimum atomic E-state index is -0.274. The lowest BCUT2D eigenvalue weighted by Crippen LogP contribution is -2.27. The maximum atomic E-state index is 11.6. The van der Waals surface area contributed by atoms with Crippen molar-refractivity contribution in [3.8, 4) is 0 Å². The Balaban J connectivity index is 2.15. The molecule has 7 nitrogen and oxygen atoms in total. The molecule has 0 unspecified atom stereocenters. The quantitative estimate of drug-likeness (QED) is 0.577. The second-order valence-corrected chi connectivity index (χ2v) is 4.05. The van der Waals surface area contributed by atoms with Crippen molar-refractivity contribution in [3.63, 3.8) is 0 Å². The van der Waals surface area contributed by atoms with Gasteiger partial charge >= 0.3 is 0 Å². The van der Waals surface area contributed by atoms with Crippen molar-refractivity contribution in [2.45, 2.75) is 26.7 Å². The maximum absolute atomic E-state index is 11.6. The van der Waals surface area contributed by atoms with Crippen molar-refractivity contribution in [1.29, 1.82) is 0 Å². The summed E-state index contributed by atoms with van der Waals surface area (Å²) in [6.45, 7) is 8.13. The highest BCUT2D eigenvalue weighted by Crippen LogP contribution is 2.01. The number of rotatable bonds is 8. The maximum Gasteiger partial charge on any atom is 0.275 e. The number of aromatic amines is 1. The van der Waals surface area contributed by atoms with E-state index in [1.807, 2.05) is 0 Å². The Bertz CT molecular complexity index is 360. The smallest absolute Gasteiger partial charge is 0.275 e. The van der Waals surface area contributed by atoms with E-state index in [1.165, 1.54) is 0 Å². The van der Waals surface area contributed by atoms with Gasteiger partial charge in [-0.05, 0) is 32.5 Å². The average Bonchev–Trinajstić information content (AvgIpc) is 2.80. The van der Waals surface area contributed by atoms with Crippen LogP contribution in [-0.4, -0.2) is 52.4 Å². The van der Waals surface area contributed by atoms with Gasteiger partial charge in [-0.3, -0.25) is 4.79 Å². The van der Waals surface area contributed by atoms with Gasteiger partial charge in [0.25, 0.3) is 5.91 Å². The molecule has 0 saturated carbocycles. The molecule has 0 aromatic carbocycles. The molecule has 0 aliphatic heterocycles. The molecule has 0 aliphatic rings. The zero-order valence-corrected chi connectivity index (χ0v) is 11.1. The van der Waals surface area contributed by atoms with Gasteiger partial charge < -0.3 is 16.0 Å². The molecule has 0 fully saturated rings. The molecule has 1 aromatic rings. The molecular formula is C11H22N6O. The molecule has 0 aliphatic carbocycles. The third-order valence-electron chi connectivity index (χ3n) is 2.87. The Labute approximate surface area is 107 Å². The molecule has 0 atom stereocenters. The van der Waals surface area contributed by atoms with E-state index >= 15 is 0 Å². The summed E-state index contributed by atoms with van der Waals surface area (Å²) in [5.74, 6) is -0.139. The van der Waals surface area contributed by atoms with E-state index in [9.17, 15) is 4.79 Å². The summed E-state index contributed by atoms with van der Waals surface area (Å²) >= 11 is 0. The number of unbranched alkanes of at least 4 members (excludes halogenated alkanes) is 1. The predicted molar refractivity (Wildman–Crippen MR) is 70.2 cm³/mol. The van der Waals surface area contributed by atoms with Gasteiger partial charge in [0.05, 0.1) is 0 Å². The first kappa shape index (κ1) is 14.4. The van der Waals surface area contributed by atoms with E-state index in [-0.39, 0.29) is 17.4 Å². The fourth-order valence-corrected chi connectivity index (χ4v) is 1.69. The number of hydrogen-bond acceptors (Lipinski definition) is 5. The molecule has 4 N–H and O–H groups in total. The zero-order valence-electron chi connectivity index (χ0n) is 11.1. The van der Waals surface area contributed by atoms with Crippen LogP contribution in [-0.2, 0) is 0 Å². The Hall–Kier alpha value is -1.63. The Morgan fingerprint density at radius 1 is 1.33 bits per heavy atom. The lowest BCUT2D eigenvalue weighted by atomic mass is 10.3. The van der Waals surface area contributed by atoms with Crippen molar-refractivity contribution in [3.05, 3.63) is 5.69 Å². The number of carbonyl (C=O) groups excluding carboxylic acids is 1. The fraction of sp³-hybridized carbons (Fsp3) is 0.727. The normalized spacial score (nSPS) is 10.8. The summed E-state index contributed by atoms with van der Waals surface area (Å²) in [6.07, 6.45) is 2.01. The number of carbonyl (C=O) groups is 1. The molecule has 1 rings (SSSR count). The Morgan fingerprint density at radius 3 is 2.61 bits per heavy atom. The number of hydrogen-bond donors (Lipinski definition) is 3. The third-order valence-corrected chi connectivity index (χ3v) is 2.87. The lowest BCUT2D eigenvalue weighted by molar-refractivity contribution is 0.0948. The molecule has 18 heavy (non-hydrogen) atoms. The molecule has 102 valence electrons. The summed E-state index contributed by atoms with van der Waals surface area (Å²) in [6, 6.07) is 0. The summed E-state index contributed by atoms with van der Waals surface area (Å²) < 4.78 is 0. The van der Waals surface area contributed by atoms with Crippen LogP contribution in [0.15, 0.2) is 0 Å². The van der Waals surface area contributed by atoms with Gasteiger partial charge in [0, 0.05) is 6.54 Å². The first-order valence-corrected chi connectivity index (χ1v) is 6.35. The van der Waals surface area contributed by atoms with Gasteiger partial charge in [-0.1, -0.05) is 13.8 Å². The largest absolute Gasteiger partial charge is 0.380 e. The minimum Gasteiger partial charge on any atom is -0.380 e. The topological polar surface area (TPSA) is 99.9 Å². The van der Waals surface area contributed by atoms with Gasteiger partial charge in [-0.15, -0.1) is 10.2 Å². The van der Waals surface area contributed by atoms with E-state index in [0.29, 0.717) is 6.54 Å². The van der Waals surface area contributed by atoms with Gasteiger partial charge in [0.1, 0.15) is 0 Å². The fourth-order valence-electron chi connectivity index (χ4n) is 1.69. The van der Waals surface area contributed by atoms with Crippen LogP contribution in [0.2, 0.25) is 0 Å². The summed E-state index contributed by atoms with van der Waals surface area (Å²) in [4.78, 5) is 14.0. The van der Waals surface area contributed by atoms with Crippen LogP contribution in [0.1, 0.15) is 37.2 Å². The van der Waals surface area contributed by atoms with Crippen LogP contribution < -0.4 is 11.1 Å². The molecule has 1 amide bonds. The van der Waals surface area contributed by atoms with Crippen molar-refractivity contribution >= 4 is 11.7 Å². The van der Waals surface area contributed by atoms with E-state index in [1.54, 1.807) is 0 Å². The second kappa shape index (κ2) is 7.65. The number of nitrogens with two attached hydrogens (primary N) is 1. The summed E-state index contributed by atoms with van der Waals surface area (Å²) in [7, 11) is 0. The first-order chi connectivity index (χ1) is 8.69. The standard InChI is InChI=1S/C11H22N6O/c1-3-17(4-2)8-6-5-7-13-11(18)9-10(12)15-16-14-9/h3-8H2,1-2H3,(H,13,18)(H3,12,14,15,16). The highest BCUT2D eigenvalue weighted by atomic mass is 16.2. The minimum absolute atomic E-state index is 0.135.